The summed E-state index contributed by atoms with van der Waals surface area (Å²) in [5.74, 6) is -1.72. The third-order valence-electron chi connectivity index (χ3n) is 4.73. The van der Waals surface area contributed by atoms with Crippen LogP contribution in [-0.4, -0.2) is 44.0 Å². The molecule has 4 rings (SSSR count). The largest absolute Gasteiger partial charge is 0.348 e. The van der Waals surface area contributed by atoms with Gasteiger partial charge in [-0.05, 0) is 17.7 Å². The Kier molecular flexibility index (Phi) is 4.49. The van der Waals surface area contributed by atoms with E-state index in [1.165, 1.54) is 0 Å². The smallest absolute Gasteiger partial charge is 0.266 e. The monoisotopic (exact) mass is 406 g/mol. The van der Waals surface area contributed by atoms with Gasteiger partial charge in [-0.2, -0.15) is 0 Å². The Hall–Kier alpha value is -2.35. The van der Waals surface area contributed by atoms with E-state index in [0.29, 0.717) is 34.4 Å². The van der Waals surface area contributed by atoms with Gasteiger partial charge in [0.2, 0.25) is 0 Å². The van der Waals surface area contributed by atoms with Crippen molar-refractivity contribution in [2.75, 3.05) is 18.0 Å². The average molecular weight is 407 g/mol. The number of aromatic nitrogens is 5. The van der Waals surface area contributed by atoms with Gasteiger partial charge in [0.05, 0.1) is 13.1 Å². The van der Waals surface area contributed by atoms with Crippen LogP contribution in [0.5, 0.6) is 0 Å². The summed E-state index contributed by atoms with van der Waals surface area (Å²) in [6.45, 7) is 6.28. The molecule has 0 spiro atoms. The molecule has 3 aromatic rings. The summed E-state index contributed by atoms with van der Waals surface area (Å²) in [7, 11) is 0. The molecule has 0 amide bonds. The fourth-order valence-electron chi connectivity index (χ4n) is 3.18. The molecule has 1 aromatic carbocycles. The van der Waals surface area contributed by atoms with Gasteiger partial charge in [-0.1, -0.05) is 49.7 Å². The summed E-state index contributed by atoms with van der Waals surface area (Å²) in [6.07, 6.45) is -0.192. The molecule has 0 bridgehead atoms. The number of anilines is 1. The van der Waals surface area contributed by atoms with Crippen LogP contribution in [0.2, 0.25) is 5.02 Å². The lowest BCUT2D eigenvalue weighted by Crippen LogP contribution is -2.27. The molecule has 9 heteroatoms. The van der Waals surface area contributed by atoms with Crippen molar-refractivity contribution < 1.29 is 8.78 Å². The third-order valence-corrected chi connectivity index (χ3v) is 4.98. The molecule has 0 N–H and O–H groups in total. The highest BCUT2D eigenvalue weighted by Gasteiger charge is 2.40. The van der Waals surface area contributed by atoms with E-state index in [9.17, 15) is 8.78 Å². The van der Waals surface area contributed by atoms with Crippen LogP contribution in [0.4, 0.5) is 14.6 Å². The number of hydrogen-bond donors (Lipinski definition) is 0. The zero-order valence-electron chi connectivity index (χ0n) is 16.0. The van der Waals surface area contributed by atoms with Gasteiger partial charge in [-0.25, -0.2) is 23.4 Å². The van der Waals surface area contributed by atoms with Crippen LogP contribution in [0, 0.1) is 0 Å². The lowest BCUT2D eigenvalue weighted by Gasteiger charge is -2.22. The first-order valence-electron chi connectivity index (χ1n) is 9.11. The standard InChI is InChI=1S/C19H21ClF2N6/c1-18(2,3)17-23-15(27-9-8-19(21,22)11-27)14-16(24-17)28(26-25-14)10-12-4-6-13(20)7-5-12/h4-7H,8-11H2,1-3H3. The van der Waals surface area contributed by atoms with Crippen molar-refractivity contribution in [2.24, 2.45) is 0 Å². The Morgan fingerprint density at radius 2 is 1.86 bits per heavy atom. The third kappa shape index (κ3) is 3.65. The molecule has 6 nitrogen and oxygen atoms in total. The van der Waals surface area contributed by atoms with Gasteiger partial charge >= 0.3 is 0 Å². The van der Waals surface area contributed by atoms with Gasteiger partial charge in [-0.15, -0.1) is 5.10 Å². The summed E-state index contributed by atoms with van der Waals surface area (Å²) in [6, 6.07) is 7.43. The SMILES string of the molecule is CC(C)(C)c1nc(N2CCC(F)(F)C2)c2nnn(Cc3ccc(Cl)cc3)c2n1. The van der Waals surface area contributed by atoms with Crippen LogP contribution in [-0.2, 0) is 12.0 Å². The second kappa shape index (κ2) is 6.62. The van der Waals surface area contributed by atoms with Crippen molar-refractivity contribution in [1.29, 1.82) is 0 Å². The number of alkyl halides is 2. The molecule has 2 aromatic heterocycles. The van der Waals surface area contributed by atoms with Crippen molar-refractivity contribution in [1.82, 2.24) is 25.0 Å². The first kappa shape index (κ1) is 19.0. The summed E-state index contributed by atoms with van der Waals surface area (Å²) in [4.78, 5) is 10.9. The van der Waals surface area contributed by atoms with Crippen molar-refractivity contribution in [3.05, 3.63) is 40.7 Å². The van der Waals surface area contributed by atoms with Gasteiger partial charge in [0.15, 0.2) is 17.0 Å². The van der Waals surface area contributed by atoms with E-state index in [0.717, 1.165) is 5.56 Å². The maximum absolute atomic E-state index is 13.8. The average Bonchev–Trinajstić information content (AvgIpc) is 3.18. The van der Waals surface area contributed by atoms with Crippen molar-refractivity contribution in [3.63, 3.8) is 0 Å². The maximum atomic E-state index is 13.8. The summed E-state index contributed by atoms with van der Waals surface area (Å²) in [5.41, 5.74) is 1.63. The molecule has 1 fully saturated rings. The number of halogens is 3. The summed E-state index contributed by atoms with van der Waals surface area (Å²) >= 11 is 5.95. The lowest BCUT2D eigenvalue weighted by atomic mass is 9.96. The normalized spacial score (nSPS) is 16.9. The van der Waals surface area contributed by atoms with Crippen molar-refractivity contribution in [3.8, 4) is 0 Å². The molecule has 1 aliphatic heterocycles. The van der Waals surface area contributed by atoms with E-state index in [1.807, 2.05) is 45.0 Å². The zero-order valence-corrected chi connectivity index (χ0v) is 16.7. The van der Waals surface area contributed by atoms with E-state index < -0.39 is 5.92 Å². The fourth-order valence-corrected chi connectivity index (χ4v) is 3.31. The predicted octanol–water partition coefficient (Wildman–Crippen LogP) is 4.07. The first-order chi connectivity index (χ1) is 13.1. The molecular formula is C19H21ClF2N6. The van der Waals surface area contributed by atoms with Gasteiger partial charge in [0, 0.05) is 23.4 Å². The highest BCUT2D eigenvalue weighted by Crippen LogP contribution is 2.34. The first-order valence-corrected chi connectivity index (χ1v) is 9.49. The summed E-state index contributed by atoms with van der Waals surface area (Å²) in [5, 5.41) is 9.10. The second-order valence-corrected chi connectivity index (χ2v) is 8.63. The molecule has 0 saturated carbocycles. The van der Waals surface area contributed by atoms with Crippen LogP contribution in [0.25, 0.3) is 11.2 Å². The minimum Gasteiger partial charge on any atom is -0.348 e. The van der Waals surface area contributed by atoms with Crippen LogP contribution in [0.15, 0.2) is 24.3 Å². The number of rotatable bonds is 3. The molecule has 0 atom stereocenters. The molecule has 1 saturated heterocycles. The Balaban J connectivity index is 1.81. The van der Waals surface area contributed by atoms with Crippen LogP contribution >= 0.6 is 11.6 Å². The van der Waals surface area contributed by atoms with E-state index in [4.69, 9.17) is 11.6 Å². The minimum absolute atomic E-state index is 0.192. The Morgan fingerprint density at radius 1 is 1.14 bits per heavy atom. The number of benzene rings is 1. The molecule has 3 heterocycles. The minimum atomic E-state index is -2.72. The van der Waals surface area contributed by atoms with E-state index in [-0.39, 0.29) is 24.9 Å². The van der Waals surface area contributed by atoms with Gasteiger partial charge in [-0.3, -0.25) is 0 Å². The molecule has 0 unspecified atom stereocenters. The Bertz CT molecular complexity index is 1010. The van der Waals surface area contributed by atoms with Gasteiger partial charge in [0.1, 0.15) is 5.82 Å². The van der Waals surface area contributed by atoms with Crippen molar-refractivity contribution >= 4 is 28.6 Å². The zero-order chi connectivity index (χ0) is 20.1. The molecule has 1 aliphatic rings. The molecule has 148 valence electrons. The summed E-state index contributed by atoms with van der Waals surface area (Å²) < 4.78 is 29.3. The van der Waals surface area contributed by atoms with Crippen molar-refractivity contribution in [2.45, 2.75) is 45.1 Å². The molecule has 0 radical (unpaired) electrons. The highest BCUT2D eigenvalue weighted by molar-refractivity contribution is 6.30. The molecule has 28 heavy (non-hydrogen) atoms. The van der Waals surface area contributed by atoms with E-state index >= 15 is 0 Å². The Morgan fingerprint density at radius 3 is 2.46 bits per heavy atom. The fraction of sp³-hybridized carbons (Fsp3) is 0.474. The van der Waals surface area contributed by atoms with Crippen LogP contribution < -0.4 is 4.90 Å². The highest BCUT2D eigenvalue weighted by atomic mass is 35.5. The van der Waals surface area contributed by atoms with Crippen LogP contribution in [0.1, 0.15) is 38.6 Å². The molecular weight excluding hydrogens is 386 g/mol. The number of fused-ring (bicyclic) bond motifs is 1. The van der Waals surface area contributed by atoms with E-state index in [1.54, 1.807) is 9.58 Å². The van der Waals surface area contributed by atoms with Gasteiger partial charge < -0.3 is 4.90 Å². The maximum Gasteiger partial charge on any atom is 0.266 e. The number of hydrogen-bond acceptors (Lipinski definition) is 5. The topological polar surface area (TPSA) is 59.7 Å². The molecule has 0 aliphatic carbocycles. The second-order valence-electron chi connectivity index (χ2n) is 8.19. The van der Waals surface area contributed by atoms with E-state index in [2.05, 4.69) is 20.3 Å². The predicted molar refractivity (Wildman–Crippen MR) is 104 cm³/mol. The number of nitrogens with zero attached hydrogens (tertiary/aromatic N) is 6. The Labute approximate surface area is 166 Å². The van der Waals surface area contributed by atoms with Crippen LogP contribution in [0.3, 0.4) is 0 Å². The quantitative estimate of drug-likeness (QED) is 0.656. The van der Waals surface area contributed by atoms with Gasteiger partial charge in [0.25, 0.3) is 5.92 Å². The lowest BCUT2D eigenvalue weighted by molar-refractivity contribution is 0.0257.